The smallest absolute Gasteiger partial charge is 0.308 e. The molecule has 0 aromatic heterocycles. The highest BCUT2D eigenvalue weighted by Gasteiger charge is 2.26. The summed E-state index contributed by atoms with van der Waals surface area (Å²) in [5.74, 6) is 0. The number of carbonyl (C=O) groups excluding carboxylic acids is 1. The number of benzene rings is 2. The molecule has 1 heterocycles. The number of urea groups is 1. The number of fused-ring (bicyclic) bond motifs is 1. The molecule has 0 radical (unpaired) electrons. The van der Waals surface area contributed by atoms with E-state index in [0.717, 1.165) is 11.1 Å². The van der Waals surface area contributed by atoms with Crippen LogP contribution in [-0.4, -0.2) is 27.2 Å². The topological polar surface area (TPSA) is 78.5 Å². The molecule has 0 unspecified atom stereocenters. The van der Waals surface area contributed by atoms with Crippen LogP contribution in [0.25, 0.3) is 0 Å². The Morgan fingerprint density at radius 3 is 2.64 bits per heavy atom. The van der Waals surface area contributed by atoms with Gasteiger partial charge in [0, 0.05) is 22.9 Å². The standard InChI is InChI=1S/C17H18ClN3O3S/c1-11-3-4-13(18)10-15(11)20-17(22)19-14-5-6-16-12(9-14)7-8-21(16)25(2,23)24/h3-6,9-10H,7-8H2,1-2H3,(H2,19,20,22). The second kappa shape index (κ2) is 6.57. The molecular weight excluding hydrogens is 362 g/mol. The van der Waals surface area contributed by atoms with Gasteiger partial charge in [0.2, 0.25) is 10.0 Å². The number of aryl methyl sites for hydroxylation is 1. The molecule has 2 aromatic carbocycles. The molecule has 25 heavy (non-hydrogen) atoms. The van der Waals surface area contributed by atoms with Crippen LogP contribution >= 0.6 is 11.6 Å². The van der Waals surface area contributed by atoms with Crippen molar-refractivity contribution in [1.29, 1.82) is 0 Å². The maximum absolute atomic E-state index is 12.2. The molecule has 8 heteroatoms. The number of hydrogen-bond acceptors (Lipinski definition) is 3. The van der Waals surface area contributed by atoms with E-state index >= 15 is 0 Å². The predicted octanol–water partition coefficient (Wildman–Crippen LogP) is 3.61. The summed E-state index contributed by atoms with van der Waals surface area (Å²) in [6.45, 7) is 2.30. The highest BCUT2D eigenvalue weighted by molar-refractivity contribution is 7.92. The number of halogens is 1. The van der Waals surface area contributed by atoms with Crippen molar-refractivity contribution in [2.24, 2.45) is 0 Å². The lowest BCUT2D eigenvalue weighted by Gasteiger charge is -2.16. The SMILES string of the molecule is Cc1ccc(Cl)cc1NC(=O)Nc1ccc2c(c1)CCN2S(C)(=O)=O. The number of hydrogen-bond donors (Lipinski definition) is 2. The van der Waals surface area contributed by atoms with Crippen molar-refractivity contribution in [2.75, 3.05) is 27.7 Å². The lowest BCUT2D eigenvalue weighted by molar-refractivity contribution is 0.262. The number of nitrogens with zero attached hydrogens (tertiary/aromatic N) is 1. The zero-order valence-corrected chi connectivity index (χ0v) is 15.4. The van der Waals surface area contributed by atoms with Gasteiger partial charge in [0.1, 0.15) is 0 Å². The lowest BCUT2D eigenvalue weighted by Crippen LogP contribution is -2.27. The molecule has 1 aliphatic heterocycles. The zero-order chi connectivity index (χ0) is 18.2. The number of anilines is 3. The van der Waals surface area contributed by atoms with Gasteiger partial charge in [0.25, 0.3) is 0 Å². The van der Waals surface area contributed by atoms with Crippen molar-refractivity contribution < 1.29 is 13.2 Å². The fourth-order valence-electron chi connectivity index (χ4n) is 2.81. The minimum absolute atomic E-state index is 0.386. The van der Waals surface area contributed by atoms with Crippen molar-refractivity contribution in [3.05, 3.63) is 52.5 Å². The van der Waals surface area contributed by atoms with Gasteiger partial charge in [-0.25, -0.2) is 13.2 Å². The van der Waals surface area contributed by atoms with Gasteiger partial charge in [-0.05, 0) is 54.8 Å². The van der Waals surface area contributed by atoms with Crippen LogP contribution in [0.2, 0.25) is 5.02 Å². The minimum Gasteiger partial charge on any atom is -0.308 e. The van der Waals surface area contributed by atoms with E-state index in [1.807, 2.05) is 13.0 Å². The van der Waals surface area contributed by atoms with Crippen LogP contribution < -0.4 is 14.9 Å². The van der Waals surface area contributed by atoms with Crippen LogP contribution in [0.1, 0.15) is 11.1 Å². The number of amides is 2. The number of nitrogens with one attached hydrogen (secondary N) is 2. The van der Waals surface area contributed by atoms with Gasteiger partial charge in [-0.3, -0.25) is 4.31 Å². The molecule has 0 spiro atoms. The van der Waals surface area contributed by atoms with Crippen molar-refractivity contribution in [1.82, 2.24) is 0 Å². The highest BCUT2D eigenvalue weighted by atomic mass is 35.5. The Hall–Kier alpha value is -2.25. The number of sulfonamides is 1. The Morgan fingerprint density at radius 1 is 1.16 bits per heavy atom. The Morgan fingerprint density at radius 2 is 1.92 bits per heavy atom. The molecule has 2 N–H and O–H groups in total. The third-order valence-corrected chi connectivity index (χ3v) is 5.45. The molecule has 0 fully saturated rings. The first kappa shape index (κ1) is 17.6. The Bertz CT molecular complexity index is 944. The van der Waals surface area contributed by atoms with Gasteiger partial charge in [-0.2, -0.15) is 0 Å². The van der Waals surface area contributed by atoms with Crippen molar-refractivity contribution in [3.63, 3.8) is 0 Å². The average Bonchev–Trinajstić information content (AvgIpc) is 2.94. The first-order valence-corrected chi connectivity index (χ1v) is 9.91. The molecule has 6 nitrogen and oxygen atoms in total. The maximum Gasteiger partial charge on any atom is 0.323 e. The van der Waals surface area contributed by atoms with Gasteiger partial charge in [0.15, 0.2) is 0 Å². The summed E-state index contributed by atoms with van der Waals surface area (Å²) in [7, 11) is -3.28. The summed E-state index contributed by atoms with van der Waals surface area (Å²) in [5, 5.41) is 6.06. The monoisotopic (exact) mass is 379 g/mol. The second-order valence-corrected chi connectivity index (χ2v) is 8.31. The van der Waals surface area contributed by atoms with Gasteiger partial charge in [0.05, 0.1) is 11.9 Å². The number of rotatable bonds is 3. The van der Waals surface area contributed by atoms with Crippen molar-refractivity contribution in [2.45, 2.75) is 13.3 Å². The minimum atomic E-state index is -3.28. The van der Waals surface area contributed by atoms with Crippen molar-refractivity contribution >= 4 is 44.7 Å². The van der Waals surface area contributed by atoms with Crippen LogP contribution in [-0.2, 0) is 16.4 Å². The molecule has 0 atom stereocenters. The predicted molar refractivity (Wildman–Crippen MR) is 101 cm³/mol. The average molecular weight is 380 g/mol. The van der Waals surface area contributed by atoms with Crippen LogP contribution in [0, 0.1) is 6.92 Å². The van der Waals surface area contributed by atoms with Crippen LogP contribution in [0.15, 0.2) is 36.4 Å². The molecule has 132 valence electrons. The van der Waals surface area contributed by atoms with Gasteiger partial charge in [-0.1, -0.05) is 17.7 Å². The van der Waals surface area contributed by atoms with E-state index in [1.54, 1.807) is 30.3 Å². The summed E-state index contributed by atoms with van der Waals surface area (Å²) in [6.07, 6.45) is 1.81. The quantitative estimate of drug-likeness (QED) is 0.854. The fourth-order valence-corrected chi connectivity index (χ4v) is 3.94. The molecule has 0 saturated heterocycles. The molecule has 0 saturated carbocycles. The zero-order valence-electron chi connectivity index (χ0n) is 13.8. The van der Waals surface area contributed by atoms with E-state index in [9.17, 15) is 13.2 Å². The first-order chi connectivity index (χ1) is 11.7. The van der Waals surface area contributed by atoms with E-state index in [4.69, 9.17) is 11.6 Å². The van der Waals surface area contributed by atoms with E-state index in [-0.39, 0.29) is 6.03 Å². The van der Waals surface area contributed by atoms with Gasteiger partial charge in [-0.15, -0.1) is 0 Å². The Balaban J connectivity index is 1.74. The summed E-state index contributed by atoms with van der Waals surface area (Å²) < 4.78 is 24.9. The third-order valence-electron chi connectivity index (χ3n) is 4.04. The highest BCUT2D eigenvalue weighted by Crippen LogP contribution is 2.32. The largest absolute Gasteiger partial charge is 0.323 e. The van der Waals surface area contributed by atoms with Gasteiger partial charge >= 0.3 is 6.03 Å². The summed E-state index contributed by atoms with van der Waals surface area (Å²) in [6, 6.07) is 10.1. The van der Waals surface area contributed by atoms with E-state index in [2.05, 4.69) is 10.6 Å². The Labute approximate surface area is 151 Å². The second-order valence-electron chi connectivity index (χ2n) is 5.97. The summed E-state index contributed by atoms with van der Waals surface area (Å²) >= 11 is 5.95. The molecule has 0 bridgehead atoms. The van der Waals surface area contributed by atoms with E-state index in [1.165, 1.54) is 10.6 Å². The van der Waals surface area contributed by atoms with E-state index < -0.39 is 10.0 Å². The Kier molecular flexibility index (Phi) is 4.62. The molecule has 2 aromatic rings. The first-order valence-electron chi connectivity index (χ1n) is 7.69. The van der Waals surface area contributed by atoms with Crippen LogP contribution in [0.4, 0.5) is 21.9 Å². The lowest BCUT2D eigenvalue weighted by atomic mass is 10.1. The summed E-state index contributed by atoms with van der Waals surface area (Å²) in [5.41, 5.74) is 3.69. The van der Waals surface area contributed by atoms with E-state index in [0.29, 0.717) is 35.1 Å². The third kappa shape index (κ3) is 3.88. The van der Waals surface area contributed by atoms with Crippen LogP contribution in [0.3, 0.4) is 0 Å². The molecule has 1 aliphatic rings. The van der Waals surface area contributed by atoms with Crippen LogP contribution in [0.5, 0.6) is 0 Å². The molecular formula is C17H18ClN3O3S. The normalized spacial score (nSPS) is 13.5. The molecule has 3 rings (SSSR count). The van der Waals surface area contributed by atoms with Gasteiger partial charge < -0.3 is 10.6 Å². The van der Waals surface area contributed by atoms with Crippen molar-refractivity contribution in [3.8, 4) is 0 Å². The number of carbonyl (C=O) groups is 1. The molecule has 2 amide bonds. The summed E-state index contributed by atoms with van der Waals surface area (Å²) in [4.78, 5) is 12.2. The fraction of sp³-hybridized carbons (Fsp3) is 0.235. The molecule has 0 aliphatic carbocycles. The maximum atomic E-state index is 12.2.